The van der Waals surface area contributed by atoms with Crippen LogP contribution in [0.15, 0.2) is 0 Å². The van der Waals surface area contributed by atoms with Gasteiger partial charge in [0.2, 0.25) is 0 Å². The first-order chi connectivity index (χ1) is 6.52. The van der Waals surface area contributed by atoms with E-state index in [0.717, 1.165) is 17.2 Å². The molecule has 1 saturated carbocycles. The number of hydrogen-bond acceptors (Lipinski definition) is 3. The summed E-state index contributed by atoms with van der Waals surface area (Å²) < 4.78 is 1.83. The molecule has 0 aliphatic heterocycles. The van der Waals surface area contributed by atoms with Gasteiger partial charge in [0, 0.05) is 12.6 Å². The van der Waals surface area contributed by atoms with Crippen LogP contribution in [0.1, 0.15) is 31.9 Å². The van der Waals surface area contributed by atoms with E-state index in [1.165, 1.54) is 19.3 Å². The molecule has 0 spiro atoms. The first kappa shape index (κ1) is 9.37. The maximum atomic E-state index is 5.94. The van der Waals surface area contributed by atoms with Crippen LogP contribution in [0, 0.1) is 6.92 Å². The Bertz CT molecular complexity index is 349. The second-order valence-corrected chi connectivity index (χ2v) is 4.51. The third-order valence-corrected chi connectivity index (χ3v) is 3.15. The summed E-state index contributed by atoms with van der Waals surface area (Å²) >= 11 is 0. The molecule has 0 atom stereocenters. The third-order valence-electron chi connectivity index (χ3n) is 3.15. The fraction of sp³-hybridized carbons (Fsp3) is 0.700. The van der Waals surface area contributed by atoms with Gasteiger partial charge in [0.25, 0.3) is 0 Å². The lowest BCUT2D eigenvalue weighted by Crippen LogP contribution is -2.42. The van der Waals surface area contributed by atoms with Crippen molar-refractivity contribution in [3.8, 4) is 0 Å². The average molecular weight is 194 g/mol. The average Bonchev–Trinajstić information content (AvgIpc) is 2.29. The van der Waals surface area contributed by atoms with Crippen molar-refractivity contribution in [1.29, 1.82) is 0 Å². The number of nitrogens with two attached hydrogens (primary N) is 1. The van der Waals surface area contributed by atoms with Crippen molar-refractivity contribution < 1.29 is 0 Å². The van der Waals surface area contributed by atoms with Crippen molar-refractivity contribution in [3.05, 3.63) is 5.69 Å². The lowest BCUT2D eigenvalue weighted by molar-refractivity contribution is 0.304. The fourth-order valence-electron chi connectivity index (χ4n) is 1.94. The molecule has 1 aliphatic rings. The highest BCUT2D eigenvalue weighted by atomic mass is 15.3. The third kappa shape index (κ3) is 1.35. The molecule has 1 aliphatic carbocycles. The van der Waals surface area contributed by atoms with Crippen LogP contribution in [0.4, 0.5) is 11.5 Å². The molecule has 14 heavy (non-hydrogen) atoms. The maximum absolute atomic E-state index is 5.94. The summed E-state index contributed by atoms with van der Waals surface area (Å²) in [6.07, 6.45) is 3.74. The SMILES string of the molecule is Cc1nn(C)c(NC2(C)CCC2)c1N. The number of aromatic nitrogens is 2. The molecule has 1 aromatic heterocycles. The van der Waals surface area contributed by atoms with Crippen molar-refractivity contribution in [2.45, 2.75) is 38.6 Å². The van der Waals surface area contributed by atoms with Crippen molar-refractivity contribution >= 4 is 11.5 Å². The van der Waals surface area contributed by atoms with Gasteiger partial charge in [0.05, 0.1) is 11.4 Å². The van der Waals surface area contributed by atoms with Crippen molar-refractivity contribution in [3.63, 3.8) is 0 Å². The number of anilines is 2. The normalized spacial score (nSPS) is 19.1. The van der Waals surface area contributed by atoms with Crippen LogP contribution in [0.5, 0.6) is 0 Å². The van der Waals surface area contributed by atoms with Gasteiger partial charge in [-0.3, -0.25) is 4.68 Å². The van der Waals surface area contributed by atoms with Crippen molar-refractivity contribution in [2.24, 2.45) is 7.05 Å². The quantitative estimate of drug-likeness (QED) is 0.753. The standard InChI is InChI=1S/C10H18N4/c1-7-8(11)9(14(3)13-7)12-10(2)5-4-6-10/h12H,4-6,11H2,1-3H3. The van der Waals surface area contributed by atoms with E-state index >= 15 is 0 Å². The number of aryl methyl sites for hydroxylation is 2. The van der Waals surface area contributed by atoms with Gasteiger partial charge in [-0.15, -0.1) is 0 Å². The van der Waals surface area contributed by atoms with Crippen LogP contribution < -0.4 is 11.1 Å². The Morgan fingerprint density at radius 1 is 1.50 bits per heavy atom. The first-order valence-corrected chi connectivity index (χ1v) is 5.09. The summed E-state index contributed by atoms with van der Waals surface area (Å²) in [4.78, 5) is 0. The zero-order valence-electron chi connectivity index (χ0n) is 9.09. The maximum Gasteiger partial charge on any atom is 0.148 e. The molecule has 1 aromatic rings. The Hall–Kier alpha value is -1.19. The van der Waals surface area contributed by atoms with E-state index in [1.54, 1.807) is 0 Å². The summed E-state index contributed by atoms with van der Waals surface area (Å²) in [5.74, 6) is 0.963. The fourth-order valence-corrected chi connectivity index (χ4v) is 1.94. The molecule has 1 fully saturated rings. The van der Waals surface area contributed by atoms with Crippen molar-refractivity contribution in [2.75, 3.05) is 11.1 Å². The summed E-state index contributed by atoms with van der Waals surface area (Å²) in [6.45, 7) is 4.17. The predicted octanol–water partition coefficient (Wildman–Crippen LogP) is 1.67. The van der Waals surface area contributed by atoms with E-state index in [1.807, 2.05) is 18.7 Å². The van der Waals surface area contributed by atoms with Gasteiger partial charge in [-0.25, -0.2) is 0 Å². The lowest BCUT2D eigenvalue weighted by Gasteiger charge is -2.40. The minimum Gasteiger partial charge on any atom is -0.394 e. The number of nitrogen functional groups attached to an aromatic ring is 1. The monoisotopic (exact) mass is 194 g/mol. The highest BCUT2D eigenvalue weighted by Crippen LogP contribution is 2.36. The number of nitrogens with zero attached hydrogens (tertiary/aromatic N) is 2. The number of hydrogen-bond donors (Lipinski definition) is 2. The number of nitrogens with one attached hydrogen (secondary N) is 1. The molecular formula is C10H18N4. The van der Waals surface area contributed by atoms with Crippen LogP contribution in [-0.2, 0) is 7.05 Å². The van der Waals surface area contributed by atoms with Gasteiger partial charge in [-0.1, -0.05) is 0 Å². The molecule has 1 heterocycles. The van der Waals surface area contributed by atoms with Crippen LogP contribution in [0.25, 0.3) is 0 Å². The molecule has 4 nitrogen and oxygen atoms in total. The summed E-state index contributed by atoms with van der Waals surface area (Å²) in [5, 5.41) is 7.77. The van der Waals surface area contributed by atoms with Crippen molar-refractivity contribution in [1.82, 2.24) is 9.78 Å². The first-order valence-electron chi connectivity index (χ1n) is 5.09. The smallest absolute Gasteiger partial charge is 0.148 e. The van der Waals surface area contributed by atoms with E-state index < -0.39 is 0 Å². The highest BCUT2D eigenvalue weighted by molar-refractivity contribution is 5.65. The van der Waals surface area contributed by atoms with Crippen LogP contribution >= 0.6 is 0 Å². The Kier molecular flexibility index (Phi) is 1.94. The van der Waals surface area contributed by atoms with E-state index in [0.29, 0.717) is 0 Å². The molecule has 2 rings (SSSR count). The Morgan fingerprint density at radius 3 is 2.50 bits per heavy atom. The molecule has 3 N–H and O–H groups in total. The largest absolute Gasteiger partial charge is 0.394 e. The summed E-state index contributed by atoms with van der Waals surface area (Å²) in [6, 6.07) is 0. The topological polar surface area (TPSA) is 55.9 Å². The van der Waals surface area contributed by atoms with E-state index in [2.05, 4.69) is 17.3 Å². The van der Waals surface area contributed by atoms with Gasteiger partial charge >= 0.3 is 0 Å². The molecular weight excluding hydrogens is 176 g/mol. The van der Waals surface area contributed by atoms with E-state index in [-0.39, 0.29) is 5.54 Å². The molecule has 78 valence electrons. The van der Waals surface area contributed by atoms with E-state index in [4.69, 9.17) is 5.73 Å². The second kappa shape index (κ2) is 2.90. The zero-order chi connectivity index (χ0) is 10.3. The summed E-state index contributed by atoms with van der Waals surface area (Å²) in [7, 11) is 1.92. The molecule has 0 radical (unpaired) electrons. The molecule has 0 bridgehead atoms. The Labute approximate surface area is 84.5 Å². The van der Waals surface area contributed by atoms with Gasteiger partial charge in [-0.2, -0.15) is 5.10 Å². The van der Waals surface area contributed by atoms with Gasteiger partial charge < -0.3 is 11.1 Å². The van der Waals surface area contributed by atoms with Crippen LogP contribution in [0.3, 0.4) is 0 Å². The number of rotatable bonds is 2. The van der Waals surface area contributed by atoms with Crippen LogP contribution in [0.2, 0.25) is 0 Å². The van der Waals surface area contributed by atoms with E-state index in [9.17, 15) is 0 Å². The molecule has 0 aromatic carbocycles. The molecule has 0 saturated heterocycles. The lowest BCUT2D eigenvalue weighted by atomic mass is 9.78. The Balaban J connectivity index is 2.23. The molecule has 0 unspecified atom stereocenters. The second-order valence-electron chi connectivity index (χ2n) is 4.51. The molecule has 4 heteroatoms. The highest BCUT2D eigenvalue weighted by Gasteiger charge is 2.33. The van der Waals surface area contributed by atoms with Gasteiger partial charge in [0.1, 0.15) is 5.82 Å². The van der Waals surface area contributed by atoms with Crippen LogP contribution in [-0.4, -0.2) is 15.3 Å². The predicted molar refractivity (Wildman–Crippen MR) is 58.2 cm³/mol. The van der Waals surface area contributed by atoms with Gasteiger partial charge in [0.15, 0.2) is 0 Å². The Morgan fingerprint density at radius 2 is 2.14 bits per heavy atom. The minimum atomic E-state index is 0.231. The zero-order valence-corrected chi connectivity index (χ0v) is 9.09. The minimum absolute atomic E-state index is 0.231. The summed E-state index contributed by atoms with van der Waals surface area (Å²) in [5.41, 5.74) is 7.85. The molecule has 0 amide bonds. The van der Waals surface area contributed by atoms with Gasteiger partial charge in [-0.05, 0) is 33.1 Å².